The second kappa shape index (κ2) is 8.99. The van der Waals surface area contributed by atoms with E-state index >= 15 is 0 Å². The number of amides is 1. The minimum Gasteiger partial charge on any atom is -0.455 e. The van der Waals surface area contributed by atoms with Crippen molar-refractivity contribution in [3.63, 3.8) is 0 Å². The van der Waals surface area contributed by atoms with E-state index in [1.54, 1.807) is 31.7 Å². The van der Waals surface area contributed by atoms with Gasteiger partial charge < -0.3 is 19.7 Å². The number of rotatable bonds is 6. The standard InChI is InChI=1S/C25H25N5O3/c1-16(32)30-9-2-3-24(30)20-13-21-17(11-22(29-21)23-15-26-7-8-27-23)12-25(20)33-19-5-4-18(6-10-31)28-14-19/h4-5,7-8,11-15,24,29,31H,2-3,6,9-10H2,1H3/t24-/m1/s1. The van der Waals surface area contributed by atoms with E-state index in [-0.39, 0.29) is 18.6 Å². The van der Waals surface area contributed by atoms with Crippen molar-refractivity contribution in [3.8, 4) is 22.9 Å². The average molecular weight is 444 g/mol. The van der Waals surface area contributed by atoms with Gasteiger partial charge in [-0.25, -0.2) is 0 Å². The van der Waals surface area contributed by atoms with Gasteiger partial charge in [-0.3, -0.25) is 19.7 Å². The molecule has 0 spiro atoms. The molecule has 1 fully saturated rings. The number of aliphatic hydroxyl groups excluding tert-OH is 1. The lowest BCUT2D eigenvalue weighted by Gasteiger charge is -2.25. The molecule has 8 nitrogen and oxygen atoms in total. The fraction of sp³-hybridized carbons (Fsp3) is 0.280. The predicted molar refractivity (Wildman–Crippen MR) is 124 cm³/mol. The molecule has 1 saturated heterocycles. The number of H-pyrrole nitrogens is 1. The van der Waals surface area contributed by atoms with Crippen molar-refractivity contribution in [1.82, 2.24) is 24.8 Å². The van der Waals surface area contributed by atoms with Crippen molar-refractivity contribution < 1.29 is 14.6 Å². The van der Waals surface area contributed by atoms with Crippen molar-refractivity contribution in [1.29, 1.82) is 0 Å². The van der Waals surface area contributed by atoms with Crippen molar-refractivity contribution in [2.75, 3.05) is 13.2 Å². The number of likely N-dealkylation sites (tertiary alicyclic amines) is 1. The Morgan fingerprint density at radius 3 is 2.85 bits per heavy atom. The molecule has 0 saturated carbocycles. The molecule has 4 aromatic rings. The van der Waals surface area contributed by atoms with E-state index in [0.717, 1.165) is 52.9 Å². The van der Waals surface area contributed by atoms with Crippen LogP contribution in [-0.2, 0) is 11.2 Å². The molecule has 2 N–H and O–H groups in total. The maximum atomic E-state index is 12.3. The first-order valence-electron chi connectivity index (χ1n) is 11.1. The molecule has 8 heteroatoms. The number of carbonyl (C=O) groups excluding carboxylic acids is 1. The molecule has 168 valence electrons. The highest BCUT2D eigenvalue weighted by Crippen LogP contribution is 2.41. The van der Waals surface area contributed by atoms with Crippen LogP contribution in [0, 0.1) is 0 Å². The molecule has 1 aromatic carbocycles. The lowest BCUT2D eigenvalue weighted by molar-refractivity contribution is -0.129. The zero-order valence-corrected chi connectivity index (χ0v) is 18.4. The summed E-state index contributed by atoms with van der Waals surface area (Å²) in [7, 11) is 0. The number of hydrogen-bond acceptors (Lipinski definition) is 6. The number of ether oxygens (including phenoxy) is 1. The van der Waals surface area contributed by atoms with Crippen LogP contribution in [0.15, 0.2) is 55.1 Å². The lowest BCUT2D eigenvalue weighted by atomic mass is 10.0. The number of fused-ring (bicyclic) bond motifs is 1. The van der Waals surface area contributed by atoms with Crippen LogP contribution in [0.4, 0.5) is 0 Å². The van der Waals surface area contributed by atoms with Gasteiger partial charge in [0.1, 0.15) is 17.2 Å². The van der Waals surface area contributed by atoms with Crippen LogP contribution in [0.1, 0.15) is 37.1 Å². The molecular formula is C25H25N5O3. The molecule has 1 aliphatic rings. The summed E-state index contributed by atoms with van der Waals surface area (Å²) in [6.07, 6.45) is 9.03. The van der Waals surface area contributed by atoms with Crippen LogP contribution in [-0.4, -0.2) is 49.0 Å². The Kier molecular flexibility index (Phi) is 5.75. The highest BCUT2D eigenvalue weighted by atomic mass is 16.5. The third kappa shape index (κ3) is 4.29. The predicted octanol–water partition coefficient (Wildman–Crippen LogP) is 4.03. The second-order valence-corrected chi connectivity index (χ2v) is 8.18. The number of carbonyl (C=O) groups is 1. The number of aromatic amines is 1. The summed E-state index contributed by atoms with van der Waals surface area (Å²) in [5, 5.41) is 10.1. The topological polar surface area (TPSA) is 104 Å². The van der Waals surface area contributed by atoms with E-state index in [2.05, 4.69) is 26.0 Å². The maximum absolute atomic E-state index is 12.3. The van der Waals surface area contributed by atoms with Crippen LogP contribution >= 0.6 is 0 Å². The zero-order chi connectivity index (χ0) is 22.8. The largest absolute Gasteiger partial charge is 0.455 e. The Morgan fingerprint density at radius 1 is 1.21 bits per heavy atom. The summed E-state index contributed by atoms with van der Waals surface area (Å²) in [6, 6.07) is 9.75. The summed E-state index contributed by atoms with van der Waals surface area (Å²) >= 11 is 0. The van der Waals surface area contributed by atoms with Crippen molar-refractivity contribution in [2.45, 2.75) is 32.2 Å². The van der Waals surface area contributed by atoms with Gasteiger partial charge in [0.05, 0.1) is 24.1 Å². The molecule has 33 heavy (non-hydrogen) atoms. The maximum Gasteiger partial charge on any atom is 0.219 e. The first-order chi connectivity index (χ1) is 16.1. The monoisotopic (exact) mass is 443 g/mol. The minimum absolute atomic E-state index is 0.0493. The van der Waals surface area contributed by atoms with E-state index in [0.29, 0.717) is 17.9 Å². The van der Waals surface area contributed by atoms with Gasteiger partial charge in [-0.2, -0.15) is 0 Å². The molecule has 3 aromatic heterocycles. The molecule has 1 amide bonds. The summed E-state index contributed by atoms with van der Waals surface area (Å²) < 4.78 is 6.30. The second-order valence-electron chi connectivity index (χ2n) is 8.18. The molecule has 1 aliphatic heterocycles. The fourth-order valence-corrected chi connectivity index (χ4v) is 4.43. The summed E-state index contributed by atoms with van der Waals surface area (Å²) in [5.74, 6) is 1.36. The summed E-state index contributed by atoms with van der Waals surface area (Å²) in [5.41, 5.74) is 4.34. The third-order valence-corrected chi connectivity index (χ3v) is 6.00. The quantitative estimate of drug-likeness (QED) is 0.466. The van der Waals surface area contributed by atoms with Gasteiger partial charge in [0.2, 0.25) is 5.91 Å². The van der Waals surface area contributed by atoms with Gasteiger partial charge in [-0.1, -0.05) is 0 Å². The van der Waals surface area contributed by atoms with Gasteiger partial charge in [0, 0.05) is 61.1 Å². The number of nitrogens with one attached hydrogen (secondary N) is 1. The van der Waals surface area contributed by atoms with E-state index < -0.39 is 0 Å². The Balaban J connectivity index is 1.57. The number of aromatic nitrogens is 4. The molecular weight excluding hydrogens is 418 g/mol. The molecule has 0 unspecified atom stereocenters. The van der Waals surface area contributed by atoms with E-state index in [1.165, 1.54) is 0 Å². The smallest absolute Gasteiger partial charge is 0.219 e. The Hall–Kier alpha value is -3.78. The van der Waals surface area contributed by atoms with Crippen LogP contribution in [0.25, 0.3) is 22.3 Å². The number of nitrogens with zero attached hydrogens (tertiary/aromatic N) is 4. The van der Waals surface area contributed by atoms with Crippen molar-refractivity contribution in [2.24, 2.45) is 0 Å². The number of aliphatic hydroxyl groups is 1. The molecule has 4 heterocycles. The van der Waals surface area contributed by atoms with E-state index in [4.69, 9.17) is 9.84 Å². The highest BCUT2D eigenvalue weighted by Gasteiger charge is 2.31. The first kappa shape index (κ1) is 21.1. The van der Waals surface area contributed by atoms with Crippen LogP contribution in [0.2, 0.25) is 0 Å². The minimum atomic E-state index is -0.0493. The average Bonchev–Trinajstić information content (AvgIpc) is 3.48. The Labute approximate surface area is 191 Å². The molecule has 0 radical (unpaired) electrons. The van der Waals surface area contributed by atoms with Crippen molar-refractivity contribution in [3.05, 3.63) is 66.4 Å². The Bertz CT molecular complexity index is 1270. The van der Waals surface area contributed by atoms with E-state index in [9.17, 15) is 4.79 Å². The zero-order valence-electron chi connectivity index (χ0n) is 18.4. The lowest BCUT2D eigenvalue weighted by Crippen LogP contribution is -2.28. The summed E-state index contributed by atoms with van der Waals surface area (Å²) in [4.78, 5) is 30.5. The molecule has 0 bridgehead atoms. The van der Waals surface area contributed by atoms with Gasteiger partial charge in [-0.15, -0.1) is 0 Å². The van der Waals surface area contributed by atoms with Gasteiger partial charge in [0.25, 0.3) is 0 Å². The van der Waals surface area contributed by atoms with Crippen LogP contribution in [0.3, 0.4) is 0 Å². The molecule has 5 rings (SSSR count). The van der Waals surface area contributed by atoms with Gasteiger partial charge in [-0.05, 0) is 43.2 Å². The van der Waals surface area contributed by atoms with Crippen molar-refractivity contribution >= 4 is 16.8 Å². The first-order valence-corrected chi connectivity index (χ1v) is 11.1. The molecule has 0 aliphatic carbocycles. The normalized spacial score (nSPS) is 15.8. The summed E-state index contributed by atoms with van der Waals surface area (Å²) in [6.45, 7) is 2.41. The van der Waals surface area contributed by atoms with Crippen LogP contribution in [0.5, 0.6) is 11.5 Å². The number of hydrogen-bond donors (Lipinski definition) is 2. The van der Waals surface area contributed by atoms with Gasteiger partial charge >= 0.3 is 0 Å². The van der Waals surface area contributed by atoms with Gasteiger partial charge in [0.15, 0.2) is 0 Å². The molecule has 1 atom stereocenters. The van der Waals surface area contributed by atoms with E-state index in [1.807, 2.05) is 29.2 Å². The SMILES string of the molecule is CC(=O)N1CCC[C@@H]1c1cc2[nH]c(-c3cnccn3)cc2cc1Oc1ccc(CCO)nc1. The number of benzene rings is 1. The third-order valence-electron chi connectivity index (χ3n) is 6.00. The number of pyridine rings is 1. The van der Waals surface area contributed by atoms with Crippen LogP contribution < -0.4 is 4.74 Å². The fourth-order valence-electron chi connectivity index (χ4n) is 4.43. The highest BCUT2D eigenvalue weighted by molar-refractivity contribution is 5.88. The Morgan fingerprint density at radius 2 is 2.12 bits per heavy atom.